The van der Waals surface area contributed by atoms with E-state index in [1.165, 1.54) is 6.07 Å². The van der Waals surface area contributed by atoms with Crippen molar-refractivity contribution in [3.8, 4) is 11.4 Å². The van der Waals surface area contributed by atoms with Gasteiger partial charge in [0, 0.05) is 47.3 Å². The molecule has 0 amide bonds. The fourth-order valence-corrected chi connectivity index (χ4v) is 3.56. The number of hydrogen-bond acceptors (Lipinski definition) is 6. The van der Waals surface area contributed by atoms with Crippen LogP contribution in [0.15, 0.2) is 34.6 Å². The van der Waals surface area contributed by atoms with Crippen molar-refractivity contribution in [2.45, 2.75) is 46.0 Å². The molecule has 3 rings (SSSR count). The molecule has 6 nitrogen and oxygen atoms in total. The Kier molecular flexibility index (Phi) is 5.70. The van der Waals surface area contributed by atoms with Gasteiger partial charge in [0.25, 0.3) is 5.56 Å². The van der Waals surface area contributed by atoms with E-state index in [1.807, 2.05) is 19.1 Å². The summed E-state index contributed by atoms with van der Waals surface area (Å²) in [5.74, 6) is 1.34. The number of aromatic nitrogens is 4. The Morgan fingerprint density at radius 3 is 2.67 bits per heavy atom. The maximum absolute atomic E-state index is 11.7. The minimum absolute atomic E-state index is 0.0870. The second kappa shape index (κ2) is 8.00. The van der Waals surface area contributed by atoms with Crippen LogP contribution in [0.5, 0.6) is 0 Å². The number of nitrogens with zero attached hydrogens (tertiary/aromatic N) is 3. The fourth-order valence-electron chi connectivity index (χ4n) is 2.53. The zero-order chi connectivity index (χ0) is 19.4. The molecule has 0 aliphatic heterocycles. The molecule has 0 radical (unpaired) electrons. The first-order valence-corrected chi connectivity index (χ1v) is 9.98. The highest BCUT2D eigenvalue weighted by molar-refractivity contribution is 7.09. The third-order valence-corrected chi connectivity index (χ3v) is 5.07. The molecule has 0 aliphatic rings. The first-order valence-electron chi connectivity index (χ1n) is 9.10. The normalized spacial score (nSPS) is 11.6. The first-order chi connectivity index (χ1) is 12.8. The number of pyridine rings is 1. The van der Waals surface area contributed by atoms with Crippen LogP contribution < -0.4 is 10.9 Å². The lowest BCUT2D eigenvalue weighted by Crippen LogP contribution is -2.12. The number of rotatable bonds is 6. The Bertz CT molecular complexity index is 953. The number of nitrogens with one attached hydrogen (secondary N) is 2. The minimum Gasteiger partial charge on any atom is -0.370 e. The average molecular weight is 384 g/mol. The van der Waals surface area contributed by atoms with Gasteiger partial charge in [-0.25, -0.2) is 15.0 Å². The van der Waals surface area contributed by atoms with Gasteiger partial charge in [-0.05, 0) is 18.6 Å². The second-order valence-corrected chi connectivity index (χ2v) is 8.37. The van der Waals surface area contributed by atoms with E-state index in [4.69, 9.17) is 4.98 Å². The monoisotopic (exact) mass is 383 g/mol. The van der Waals surface area contributed by atoms with E-state index in [9.17, 15) is 4.79 Å². The lowest BCUT2D eigenvalue weighted by atomic mass is 9.93. The molecule has 27 heavy (non-hydrogen) atoms. The van der Waals surface area contributed by atoms with Crippen molar-refractivity contribution in [3.63, 3.8) is 0 Å². The summed E-state index contributed by atoms with van der Waals surface area (Å²) in [7, 11) is 0. The zero-order valence-corrected chi connectivity index (χ0v) is 17.0. The minimum atomic E-state index is -0.142. The molecule has 3 aromatic rings. The summed E-state index contributed by atoms with van der Waals surface area (Å²) in [6.07, 6.45) is 3.30. The number of anilines is 1. The van der Waals surface area contributed by atoms with Crippen LogP contribution in [-0.2, 0) is 18.3 Å². The van der Waals surface area contributed by atoms with E-state index >= 15 is 0 Å². The van der Waals surface area contributed by atoms with Crippen molar-refractivity contribution in [3.05, 3.63) is 56.5 Å². The van der Waals surface area contributed by atoms with Gasteiger partial charge in [-0.1, -0.05) is 27.7 Å². The maximum atomic E-state index is 11.7. The van der Waals surface area contributed by atoms with Crippen LogP contribution in [-0.4, -0.2) is 26.5 Å². The van der Waals surface area contributed by atoms with Gasteiger partial charge < -0.3 is 10.3 Å². The number of aryl methyl sites for hydroxylation is 1. The van der Waals surface area contributed by atoms with E-state index in [0.29, 0.717) is 5.82 Å². The molecule has 0 aromatic carbocycles. The van der Waals surface area contributed by atoms with Crippen molar-refractivity contribution < 1.29 is 0 Å². The van der Waals surface area contributed by atoms with Gasteiger partial charge in [0.2, 0.25) is 0 Å². The lowest BCUT2D eigenvalue weighted by Gasteiger charge is -2.14. The molecule has 0 unspecified atom stereocenters. The average Bonchev–Trinajstić information content (AvgIpc) is 3.11. The smallest absolute Gasteiger partial charge is 0.251 e. The van der Waals surface area contributed by atoms with E-state index in [2.05, 4.69) is 46.4 Å². The molecule has 0 atom stereocenters. The van der Waals surface area contributed by atoms with Gasteiger partial charge in [-0.2, -0.15) is 0 Å². The van der Waals surface area contributed by atoms with Gasteiger partial charge in [0.05, 0.1) is 10.7 Å². The molecular formula is C20H25N5OS. The molecule has 0 aliphatic carbocycles. The molecule has 7 heteroatoms. The maximum Gasteiger partial charge on any atom is 0.251 e. The van der Waals surface area contributed by atoms with Crippen LogP contribution in [0, 0.1) is 0 Å². The Labute approximate surface area is 163 Å². The molecule has 0 fully saturated rings. The van der Waals surface area contributed by atoms with Crippen LogP contribution >= 0.6 is 11.3 Å². The molecule has 3 heterocycles. The molecule has 142 valence electrons. The van der Waals surface area contributed by atoms with Crippen LogP contribution in [0.25, 0.3) is 11.4 Å². The van der Waals surface area contributed by atoms with Crippen molar-refractivity contribution >= 4 is 17.2 Å². The summed E-state index contributed by atoms with van der Waals surface area (Å²) in [4.78, 5) is 28.1. The van der Waals surface area contributed by atoms with Crippen LogP contribution in [0.2, 0.25) is 0 Å². The molecule has 0 saturated heterocycles. The Morgan fingerprint density at radius 1 is 1.22 bits per heavy atom. The molecule has 3 aromatic heterocycles. The van der Waals surface area contributed by atoms with Gasteiger partial charge in [-0.3, -0.25) is 4.79 Å². The Balaban J connectivity index is 1.60. The Hall–Kier alpha value is -2.54. The third kappa shape index (κ3) is 5.01. The summed E-state index contributed by atoms with van der Waals surface area (Å²) >= 11 is 1.70. The first kappa shape index (κ1) is 19.2. The SMILES string of the molecule is CCc1cc(=O)[nH]c(-c2ccc(NCCc3nc(C(C)(C)C)cs3)nc2)n1. The predicted molar refractivity (Wildman–Crippen MR) is 110 cm³/mol. The van der Waals surface area contributed by atoms with Gasteiger partial charge in [0.1, 0.15) is 11.6 Å². The second-order valence-electron chi connectivity index (χ2n) is 7.42. The molecular weight excluding hydrogens is 358 g/mol. The quantitative estimate of drug-likeness (QED) is 0.676. The number of hydrogen-bond donors (Lipinski definition) is 2. The highest BCUT2D eigenvalue weighted by Gasteiger charge is 2.17. The highest BCUT2D eigenvalue weighted by Crippen LogP contribution is 2.24. The summed E-state index contributed by atoms with van der Waals surface area (Å²) in [5, 5.41) is 6.58. The standard InChI is InChI=1S/C20H25N5OS/c1-5-14-10-17(26)25-19(23-14)13-6-7-16(22-11-13)21-9-8-18-24-15(12-27-18)20(2,3)4/h6-7,10-12H,5,8-9H2,1-4H3,(H,21,22)(H,23,25,26). The van der Waals surface area contributed by atoms with E-state index in [1.54, 1.807) is 17.5 Å². The van der Waals surface area contributed by atoms with Crippen LogP contribution in [0.3, 0.4) is 0 Å². The van der Waals surface area contributed by atoms with E-state index in [-0.39, 0.29) is 11.0 Å². The summed E-state index contributed by atoms with van der Waals surface area (Å²) in [6, 6.07) is 5.33. The summed E-state index contributed by atoms with van der Waals surface area (Å²) < 4.78 is 0. The molecule has 0 bridgehead atoms. The van der Waals surface area contributed by atoms with Crippen molar-refractivity contribution in [2.75, 3.05) is 11.9 Å². The summed E-state index contributed by atoms with van der Waals surface area (Å²) in [5.41, 5.74) is 2.65. The topological polar surface area (TPSA) is 83.6 Å². The Morgan fingerprint density at radius 2 is 2.04 bits per heavy atom. The van der Waals surface area contributed by atoms with Gasteiger partial charge in [0.15, 0.2) is 0 Å². The summed E-state index contributed by atoms with van der Waals surface area (Å²) in [6.45, 7) is 9.27. The van der Waals surface area contributed by atoms with E-state index < -0.39 is 0 Å². The molecule has 0 spiro atoms. The van der Waals surface area contributed by atoms with Crippen molar-refractivity contribution in [1.29, 1.82) is 0 Å². The highest BCUT2D eigenvalue weighted by atomic mass is 32.1. The fraction of sp³-hybridized carbons (Fsp3) is 0.400. The van der Waals surface area contributed by atoms with Crippen molar-refractivity contribution in [1.82, 2.24) is 19.9 Å². The van der Waals surface area contributed by atoms with Gasteiger partial charge >= 0.3 is 0 Å². The lowest BCUT2D eigenvalue weighted by molar-refractivity contribution is 0.571. The number of thiazole rings is 1. The predicted octanol–water partition coefficient (Wildman–Crippen LogP) is 3.80. The van der Waals surface area contributed by atoms with Crippen LogP contribution in [0.1, 0.15) is 44.1 Å². The number of H-pyrrole nitrogens is 1. The zero-order valence-electron chi connectivity index (χ0n) is 16.2. The third-order valence-electron chi connectivity index (χ3n) is 4.16. The van der Waals surface area contributed by atoms with Crippen molar-refractivity contribution in [2.24, 2.45) is 0 Å². The van der Waals surface area contributed by atoms with Gasteiger partial charge in [-0.15, -0.1) is 11.3 Å². The van der Waals surface area contributed by atoms with Crippen LogP contribution in [0.4, 0.5) is 5.82 Å². The number of aromatic amines is 1. The molecule has 0 saturated carbocycles. The largest absolute Gasteiger partial charge is 0.370 e. The molecule has 2 N–H and O–H groups in total. The van der Waals surface area contributed by atoms with E-state index in [0.717, 1.165) is 47.2 Å².